The largest absolute Gasteiger partial charge is 1.00 e. The van der Waals surface area contributed by atoms with E-state index in [0.29, 0.717) is 5.75 Å². The number of hydrogen-bond acceptors (Lipinski definition) is 4. The van der Waals surface area contributed by atoms with E-state index >= 15 is 0 Å². The van der Waals surface area contributed by atoms with Gasteiger partial charge in [-0.15, -0.1) is 5.75 Å². The molecular weight excluding hydrogens is 403 g/mol. The van der Waals surface area contributed by atoms with Crippen LogP contribution in [0.3, 0.4) is 0 Å². The summed E-state index contributed by atoms with van der Waals surface area (Å²) in [7, 11) is -4.42. The minimum absolute atomic E-state index is 0. The minimum atomic E-state index is -4.42. The van der Waals surface area contributed by atoms with Crippen LogP contribution < -0.4 is 61.2 Å². The third kappa shape index (κ3) is 8.94. The molecule has 0 aromatic heterocycles. The molecule has 1 N–H and O–H groups in total. The van der Waals surface area contributed by atoms with Gasteiger partial charge in [0.15, 0.2) is 0 Å². The Labute approximate surface area is 210 Å². The van der Waals surface area contributed by atoms with Crippen LogP contribution >= 0.6 is 0 Å². The van der Waals surface area contributed by atoms with Gasteiger partial charge in [0, 0.05) is 0 Å². The molecule has 0 saturated heterocycles. The van der Waals surface area contributed by atoms with Crippen molar-refractivity contribution in [3.05, 3.63) is 48.0 Å². The Kier molecular flexibility index (Phi) is 11.9. The summed E-state index contributed by atoms with van der Waals surface area (Å²) in [6, 6.07) is 10.4. The normalized spacial score (nSPS) is 11.1. The molecule has 0 bridgehead atoms. The first kappa shape index (κ1) is 25.6. The monoisotopic (exact) mass is 430 g/mol. The molecule has 0 aliphatic rings. The quantitative estimate of drug-likeness (QED) is 0.335. The van der Waals surface area contributed by atoms with Gasteiger partial charge in [0.2, 0.25) is 0 Å². The Morgan fingerprint density at radius 2 is 1.54 bits per heavy atom. The van der Waals surface area contributed by atoms with Crippen LogP contribution in [0.2, 0.25) is 0 Å². The van der Waals surface area contributed by atoms with Crippen LogP contribution in [0.25, 0.3) is 0 Å². The fourth-order valence-corrected chi connectivity index (χ4v) is 3.58. The van der Waals surface area contributed by atoms with Gasteiger partial charge >= 0.3 is 51.4 Å². The maximum Gasteiger partial charge on any atom is 1.00 e. The zero-order valence-corrected chi connectivity index (χ0v) is 20.6. The van der Waals surface area contributed by atoms with Gasteiger partial charge in [-0.05, 0) is 42.7 Å². The van der Waals surface area contributed by atoms with E-state index in [1.54, 1.807) is 6.07 Å². The molecule has 148 valence electrons. The van der Waals surface area contributed by atoms with E-state index in [-0.39, 0.29) is 67.8 Å². The van der Waals surface area contributed by atoms with Crippen LogP contribution in [0.5, 0.6) is 17.2 Å². The average molecular weight is 431 g/mol. The van der Waals surface area contributed by atoms with Crippen molar-refractivity contribution in [3.8, 4) is 17.2 Å². The molecular formula is C21H27KO5S. The number of aryl methyl sites for hydroxylation is 1. The maximum atomic E-state index is 11.8. The number of hydrogen-bond donors (Lipinski definition) is 1. The summed E-state index contributed by atoms with van der Waals surface area (Å²) < 4.78 is 38.6. The molecule has 0 spiro atoms. The molecule has 5 nitrogen and oxygen atoms in total. The third-order valence-electron chi connectivity index (χ3n) is 4.41. The second kappa shape index (κ2) is 13.0. The molecule has 0 atom stereocenters. The van der Waals surface area contributed by atoms with E-state index in [1.165, 1.54) is 62.4 Å². The Balaban J connectivity index is 0.00000392. The number of rotatable bonds is 11. The summed E-state index contributed by atoms with van der Waals surface area (Å²) in [5, 5.41) is 11.2. The van der Waals surface area contributed by atoms with Gasteiger partial charge in [-0.2, -0.15) is 8.42 Å². The van der Waals surface area contributed by atoms with Crippen LogP contribution in [0.1, 0.15) is 57.4 Å². The fraction of sp³-hybridized carbons (Fsp3) is 0.429. The van der Waals surface area contributed by atoms with Gasteiger partial charge in [-0.3, -0.25) is 4.55 Å². The SMILES string of the molecule is CCCCCCCCCc1ccc(Oc2ccc([O-])cc2)c(S(=O)(=O)O)c1.[K+]. The van der Waals surface area contributed by atoms with Crippen molar-refractivity contribution in [3.63, 3.8) is 0 Å². The Bertz CT molecular complexity index is 819. The molecule has 2 aromatic rings. The van der Waals surface area contributed by atoms with E-state index in [1.807, 2.05) is 6.07 Å². The molecule has 0 unspecified atom stereocenters. The Morgan fingerprint density at radius 3 is 2.14 bits per heavy atom. The first-order valence-electron chi connectivity index (χ1n) is 9.45. The van der Waals surface area contributed by atoms with Crippen molar-refractivity contribution >= 4 is 10.1 Å². The number of benzene rings is 2. The van der Waals surface area contributed by atoms with Crippen LogP contribution in [0, 0.1) is 0 Å². The molecule has 0 amide bonds. The Hall–Kier alpha value is -0.414. The smallest absolute Gasteiger partial charge is 0.872 e. The summed E-state index contributed by atoms with van der Waals surface area (Å²) in [5.74, 6) is 0.209. The minimum Gasteiger partial charge on any atom is -0.872 e. The molecule has 0 heterocycles. The zero-order chi connectivity index (χ0) is 19.7. The summed E-state index contributed by atoms with van der Waals surface area (Å²) in [6.45, 7) is 2.19. The van der Waals surface area contributed by atoms with Gasteiger partial charge in [-0.25, -0.2) is 0 Å². The molecule has 0 aliphatic heterocycles. The van der Waals surface area contributed by atoms with Crippen molar-refractivity contribution in [1.29, 1.82) is 0 Å². The molecule has 0 radical (unpaired) electrons. The van der Waals surface area contributed by atoms with Crippen molar-refractivity contribution in [2.45, 2.75) is 63.2 Å². The van der Waals surface area contributed by atoms with E-state index < -0.39 is 10.1 Å². The fourth-order valence-electron chi connectivity index (χ4n) is 2.91. The van der Waals surface area contributed by atoms with Crippen molar-refractivity contribution in [1.82, 2.24) is 0 Å². The van der Waals surface area contributed by atoms with E-state index in [0.717, 1.165) is 24.8 Å². The molecule has 2 aromatic carbocycles. The summed E-state index contributed by atoms with van der Waals surface area (Å²) in [6.07, 6.45) is 9.02. The average Bonchev–Trinajstić information content (AvgIpc) is 2.63. The first-order valence-corrected chi connectivity index (χ1v) is 10.9. The second-order valence-electron chi connectivity index (χ2n) is 6.70. The van der Waals surface area contributed by atoms with Gasteiger partial charge in [0.1, 0.15) is 16.4 Å². The van der Waals surface area contributed by atoms with Crippen molar-refractivity contribution < 1.29 is 74.2 Å². The summed E-state index contributed by atoms with van der Waals surface area (Å²) in [5.41, 5.74) is 0.846. The second-order valence-corrected chi connectivity index (χ2v) is 8.09. The summed E-state index contributed by atoms with van der Waals surface area (Å²) >= 11 is 0. The van der Waals surface area contributed by atoms with Crippen LogP contribution in [-0.4, -0.2) is 13.0 Å². The molecule has 0 fully saturated rings. The van der Waals surface area contributed by atoms with E-state index in [2.05, 4.69) is 6.92 Å². The standard InChI is InChI=1S/C21H28O5S.K/c1-2-3-4-5-6-7-8-9-17-10-15-20(21(16-17)27(23,24)25)26-19-13-11-18(22)12-14-19;/h10-16,22H,2-9H2,1H3,(H,23,24,25);/q;+1/p-1. The first-order chi connectivity index (χ1) is 12.9. The van der Waals surface area contributed by atoms with E-state index in [4.69, 9.17) is 4.74 Å². The predicted molar refractivity (Wildman–Crippen MR) is 104 cm³/mol. The maximum absolute atomic E-state index is 11.8. The van der Waals surface area contributed by atoms with Crippen LogP contribution in [0.4, 0.5) is 0 Å². The Morgan fingerprint density at radius 1 is 0.929 bits per heavy atom. The van der Waals surface area contributed by atoms with Gasteiger partial charge in [0.25, 0.3) is 10.1 Å². The number of ether oxygens (including phenoxy) is 1. The molecule has 0 saturated carbocycles. The van der Waals surface area contributed by atoms with Gasteiger partial charge < -0.3 is 9.84 Å². The third-order valence-corrected chi connectivity index (χ3v) is 5.28. The zero-order valence-electron chi connectivity index (χ0n) is 16.7. The number of unbranched alkanes of at least 4 members (excludes halogenated alkanes) is 6. The topological polar surface area (TPSA) is 86.7 Å². The van der Waals surface area contributed by atoms with Crippen molar-refractivity contribution in [2.24, 2.45) is 0 Å². The molecule has 28 heavy (non-hydrogen) atoms. The van der Waals surface area contributed by atoms with Crippen LogP contribution in [0.15, 0.2) is 47.4 Å². The molecule has 7 heteroatoms. The van der Waals surface area contributed by atoms with Crippen LogP contribution in [-0.2, 0) is 16.5 Å². The van der Waals surface area contributed by atoms with Gasteiger partial charge in [-0.1, -0.05) is 63.6 Å². The predicted octanol–water partition coefficient (Wildman–Crippen LogP) is 2.10. The summed E-state index contributed by atoms with van der Waals surface area (Å²) in [4.78, 5) is -0.255. The molecule has 2 rings (SSSR count). The van der Waals surface area contributed by atoms with E-state index in [9.17, 15) is 18.1 Å². The van der Waals surface area contributed by atoms with Gasteiger partial charge in [0.05, 0.1) is 0 Å². The molecule has 0 aliphatic carbocycles. The van der Waals surface area contributed by atoms with Crippen molar-refractivity contribution in [2.75, 3.05) is 0 Å².